The third-order valence-corrected chi connectivity index (χ3v) is 6.38. The van der Waals surface area contributed by atoms with Crippen LogP contribution in [0.5, 0.6) is 0 Å². The van der Waals surface area contributed by atoms with Gasteiger partial charge in [0.1, 0.15) is 17.2 Å². The van der Waals surface area contributed by atoms with Crippen molar-refractivity contribution in [3.8, 4) is 0 Å². The summed E-state index contributed by atoms with van der Waals surface area (Å²) in [4.78, 5) is 23.7. The van der Waals surface area contributed by atoms with E-state index in [0.29, 0.717) is 36.2 Å². The summed E-state index contributed by atoms with van der Waals surface area (Å²) >= 11 is 5.69. The average molecular weight is 464 g/mol. The lowest BCUT2D eigenvalue weighted by atomic mass is 9.83. The van der Waals surface area contributed by atoms with Crippen LogP contribution in [-0.2, 0) is 4.74 Å². The molecule has 0 aromatic carbocycles. The topological polar surface area (TPSA) is 110 Å². The number of amides is 1. The van der Waals surface area contributed by atoms with Gasteiger partial charge in [0, 0.05) is 37.1 Å². The smallest absolute Gasteiger partial charge is 0.258 e. The number of hydrogen-bond acceptors (Lipinski definition) is 7. The molecule has 9 nitrogen and oxygen atoms in total. The number of methoxy groups -OCH3 is 1. The number of nitrogens with zero attached hydrogens (tertiary/aromatic N) is 5. The van der Waals surface area contributed by atoms with Crippen LogP contribution in [0.25, 0.3) is 5.65 Å². The van der Waals surface area contributed by atoms with E-state index in [4.69, 9.17) is 27.1 Å². The Hall–Kier alpha value is -2.88. The van der Waals surface area contributed by atoms with Gasteiger partial charge in [-0.15, -0.1) is 16.7 Å². The summed E-state index contributed by atoms with van der Waals surface area (Å²) < 4.78 is 21.4. The highest BCUT2D eigenvalue weighted by Crippen LogP contribution is 2.38. The molecule has 1 fully saturated rings. The number of carbonyl (C=O) groups is 1. The van der Waals surface area contributed by atoms with Crippen LogP contribution in [0, 0.1) is 11.8 Å². The van der Waals surface area contributed by atoms with Gasteiger partial charge in [0.2, 0.25) is 0 Å². The quantitative estimate of drug-likeness (QED) is 0.503. The largest absolute Gasteiger partial charge is 0.484 e. The number of aromatic nitrogens is 3. The van der Waals surface area contributed by atoms with Gasteiger partial charge in [-0.05, 0) is 25.3 Å². The molecule has 4 rings (SSSR count). The molecule has 11 heteroatoms. The molecule has 172 valence electrons. The lowest BCUT2D eigenvalue weighted by molar-refractivity contribution is 0.0956. The monoisotopic (exact) mass is 463 g/mol. The Bertz CT molecular complexity index is 1070. The van der Waals surface area contributed by atoms with Gasteiger partial charge in [-0.3, -0.25) is 4.79 Å². The summed E-state index contributed by atoms with van der Waals surface area (Å²) in [6, 6.07) is 1.79. The molecule has 2 aromatic heterocycles. The van der Waals surface area contributed by atoms with Crippen LogP contribution in [0.2, 0.25) is 0 Å². The number of anilines is 2. The van der Waals surface area contributed by atoms with Crippen molar-refractivity contribution in [3.05, 3.63) is 29.9 Å². The average Bonchev–Trinajstić information content (AvgIpc) is 3.38. The van der Waals surface area contributed by atoms with Crippen molar-refractivity contribution < 1.29 is 13.9 Å². The Morgan fingerprint density at radius 1 is 1.47 bits per heavy atom. The van der Waals surface area contributed by atoms with Crippen molar-refractivity contribution in [3.63, 3.8) is 0 Å². The van der Waals surface area contributed by atoms with Gasteiger partial charge in [-0.2, -0.15) is 0 Å². The van der Waals surface area contributed by atoms with Crippen LogP contribution in [-0.4, -0.2) is 58.5 Å². The standard InChI is InChI=1S/C21H27ClFN7O2/c1-12-13(23)11-26-21(32-2)16(12)14-5-3-9-29(14)15-6-10-30-19(27-15)17(18(24)28-30)20(31)25-8-4-7-22/h6,10-12,14,16H,3-5,7-9H2,1-2H3,(H2,24,28)(H,25,31)/t12?,14-,16?/m1/s1. The molecule has 0 saturated carbocycles. The molecular formula is C21H27ClFN7O2. The highest BCUT2D eigenvalue weighted by Gasteiger charge is 2.42. The van der Waals surface area contributed by atoms with Crippen molar-refractivity contribution in [1.82, 2.24) is 19.9 Å². The highest BCUT2D eigenvalue weighted by molar-refractivity contribution is 6.17. The van der Waals surface area contributed by atoms with E-state index in [0.717, 1.165) is 19.4 Å². The van der Waals surface area contributed by atoms with E-state index in [1.165, 1.54) is 10.7 Å². The van der Waals surface area contributed by atoms with Gasteiger partial charge >= 0.3 is 0 Å². The van der Waals surface area contributed by atoms with Crippen molar-refractivity contribution in [1.29, 1.82) is 0 Å². The number of carbonyl (C=O) groups excluding carboxylic acids is 1. The maximum Gasteiger partial charge on any atom is 0.258 e. The number of nitrogens with one attached hydrogen (secondary N) is 1. The van der Waals surface area contributed by atoms with Gasteiger partial charge in [0.15, 0.2) is 17.4 Å². The first-order valence-electron chi connectivity index (χ1n) is 10.7. The number of ether oxygens (including phenoxy) is 1. The number of nitrogens with two attached hydrogens (primary N) is 1. The van der Waals surface area contributed by atoms with E-state index < -0.39 is 0 Å². The first-order valence-corrected chi connectivity index (χ1v) is 11.2. The zero-order chi connectivity index (χ0) is 22.8. The minimum atomic E-state index is -0.356. The molecule has 4 heterocycles. The maximum atomic E-state index is 14.4. The fourth-order valence-electron chi connectivity index (χ4n) is 4.52. The van der Waals surface area contributed by atoms with Crippen molar-refractivity contribution in [2.75, 3.05) is 36.7 Å². The molecule has 1 amide bonds. The SMILES string of the molecule is COC1=NC=C(F)C(C)C1[C@H]1CCCN1c1ccn2nc(N)c(C(=O)NCCCCl)c2n1. The highest BCUT2D eigenvalue weighted by atomic mass is 35.5. The Balaban J connectivity index is 1.67. The number of hydrogen-bond donors (Lipinski definition) is 2. The fourth-order valence-corrected chi connectivity index (χ4v) is 4.66. The molecule has 3 N–H and O–H groups in total. The molecule has 2 aliphatic rings. The predicted molar refractivity (Wildman–Crippen MR) is 122 cm³/mol. The first-order chi connectivity index (χ1) is 15.5. The lowest BCUT2D eigenvalue weighted by Crippen LogP contribution is -2.44. The van der Waals surface area contributed by atoms with Gasteiger partial charge < -0.3 is 20.7 Å². The number of aliphatic imine (C=N–C) groups is 1. The van der Waals surface area contributed by atoms with Crippen molar-refractivity contribution in [2.45, 2.75) is 32.2 Å². The zero-order valence-corrected chi connectivity index (χ0v) is 18.8. The number of alkyl halides is 1. The third-order valence-electron chi connectivity index (χ3n) is 6.11. The summed E-state index contributed by atoms with van der Waals surface area (Å²) in [6.07, 6.45) is 5.39. The second-order valence-electron chi connectivity index (χ2n) is 8.02. The number of rotatable bonds is 6. The van der Waals surface area contributed by atoms with Gasteiger partial charge in [0.25, 0.3) is 5.91 Å². The maximum absolute atomic E-state index is 14.4. The summed E-state index contributed by atoms with van der Waals surface area (Å²) in [5.74, 6) is 0.558. The minimum Gasteiger partial charge on any atom is -0.484 e. The Morgan fingerprint density at radius 3 is 3.03 bits per heavy atom. The van der Waals surface area contributed by atoms with Crippen LogP contribution >= 0.6 is 11.6 Å². The number of halogens is 2. The molecule has 0 bridgehead atoms. The van der Waals surface area contributed by atoms with Gasteiger partial charge in [0.05, 0.1) is 19.2 Å². The summed E-state index contributed by atoms with van der Waals surface area (Å²) in [6.45, 7) is 3.03. The molecule has 2 unspecified atom stereocenters. The molecule has 1 saturated heterocycles. The van der Waals surface area contributed by atoms with Gasteiger partial charge in [-0.1, -0.05) is 6.92 Å². The predicted octanol–water partition coefficient (Wildman–Crippen LogP) is 2.76. The molecule has 0 aliphatic carbocycles. The van der Waals surface area contributed by atoms with E-state index in [2.05, 4.69) is 20.3 Å². The van der Waals surface area contributed by atoms with E-state index in [1.807, 2.05) is 13.0 Å². The minimum absolute atomic E-state index is 0.0423. The first kappa shape index (κ1) is 22.3. The zero-order valence-electron chi connectivity index (χ0n) is 18.1. The molecule has 2 aromatic rings. The molecule has 0 radical (unpaired) electrons. The fraction of sp³-hybridized carbons (Fsp3) is 0.524. The van der Waals surface area contributed by atoms with E-state index in [1.54, 1.807) is 13.3 Å². The molecule has 32 heavy (non-hydrogen) atoms. The molecule has 3 atom stereocenters. The van der Waals surface area contributed by atoms with Crippen LogP contribution in [0.3, 0.4) is 0 Å². The summed E-state index contributed by atoms with van der Waals surface area (Å²) in [5.41, 5.74) is 6.63. The van der Waals surface area contributed by atoms with Gasteiger partial charge in [-0.25, -0.2) is 18.9 Å². The molecule has 0 spiro atoms. The molecular weight excluding hydrogens is 437 g/mol. The summed E-state index contributed by atoms with van der Waals surface area (Å²) in [5, 5.41) is 7.02. The second-order valence-corrected chi connectivity index (χ2v) is 8.39. The Labute approximate surface area is 190 Å². The normalized spacial score (nSPS) is 23.2. The van der Waals surface area contributed by atoms with Crippen molar-refractivity contribution >= 4 is 40.7 Å². The van der Waals surface area contributed by atoms with Crippen LogP contribution < -0.4 is 16.0 Å². The Kier molecular flexibility index (Phi) is 6.50. The van der Waals surface area contributed by atoms with Crippen LogP contribution in [0.1, 0.15) is 36.5 Å². The van der Waals surface area contributed by atoms with E-state index >= 15 is 0 Å². The lowest BCUT2D eigenvalue weighted by Gasteiger charge is -2.36. The second kappa shape index (κ2) is 9.32. The molecule has 2 aliphatic heterocycles. The number of allylic oxidation sites excluding steroid dienone is 1. The van der Waals surface area contributed by atoms with Crippen LogP contribution in [0.4, 0.5) is 16.0 Å². The van der Waals surface area contributed by atoms with E-state index in [9.17, 15) is 9.18 Å². The number of fused-ring (bicyclic) bond motifs is 1. The van der Waals surface area contributed by atoms with Crippen molar-refractivity contribution in [2.24, 2.45) is 16.8 Å². The van der Waals surface area contributed by atoms with Crippen LogP contribution in [0.15, 0.2) is 29.3 Å². The Morgan fingerprint density at radius 2 is 2.28 bits per heavy atom. The summed E-state index contributed by atoms with van der Waals surface area (Å²) in [7, 11) is 1.56. The van der Waals surface area contributed by atoms with E-state index in [-0.39, 0.29) is 41.0 Å². The number of nitrogen functional groups attached to an aromatic ring is 1. The third kappa shape index (κ3) is 3.99.